The highest BCUT2D eigenvalue weighted by molar-refractivity contribution is 5.93. The van der Waals surface area contributed by atoms with Crippen molar-refractivity contribution in [2.24, 2.45) is 0 Å². The molecule has 0 aliphatic rings. The molecule has 0 atom stereocenters. The highest BCUT2D eigenvalue weighted by Gasteiger charge is 2.17. The van der Waals surface area contributed by atoms with E-state index in [0.717, 1.165) is 78.0 Å². The average molecular weight is 834 g/mol. The average Bonchev–Trinajstić information content (AvgIpc) is 3.36. The molecule has 9 rings (SSSR count). The van der Waals surface area contributed by atoms with Crippen molar-refractivity contribution in [3.63, 3.8) is 0 Å². The molecule has 3 aromatic heterocycles. The number of hydrogen-bond acceptors (Lipinski definition) is 5. The van der Waals surface area contributed by atoms with E-state index in [2.05, 4.69) is 143 Å². The smallest absolute Gasteiger partial charge is 0.354 e. The van der Waals surface area contributed by atoms with Crippen LogP contribution in [0.2, 0.25) is 0 Å². The van der Waals surface area contributed by atoms with E-state index < -0.39 is 11.9 Å². The van der Waals surface area contributed by atoms with Gasteiger partial charge in [0, 0.05) is 29.7 Å². The molecule has 64 heavy (non-hydrogen) atoms. The number of aryl methyl sites for hydroxylation is 4. The third kappa shape index (κ3) is 9.44. The number of pyridine rings is 3. The molecule has 0 spiro atoms. The predicted octanol–water partition coefficient (Wildman–Crippen LogP) is 12.8. The zero-order chi connectivity index (χ0) is 43.8. The van der Waals surface area contributed by atoms with Crippen LogP contribution in [-0.4, -0.2) is 37.1 Å². The summed E-state index contributed by atoms with van der Waals surface area (Å²) in [6.45, 7) is 0. The minimum Gasteiger partial charge on any atom is -0.477 e. The zero-order valence-corrected chi connectivity index (χ0v) is 34.9. The number of hydrogen-bond donors (Lipinski definition) is 2. The fourth-order valence-corrected chi connectivity index (χ4v) is 8.16. The van der Waals surface area contributed by atoms with Crippen LogP contribution in [-0.2, 0) is 25.7 Å². The number of benzene rings is 6. The molecule has 0 aliphatic carbocycles. The normalized spacial score (nSPS) is 11.0. The Bertz CT molecular complexity index is 2980. The summed E-state index contributed by atoms with van der Waals surface area (Å²) in [5.74, 6) is -2.10. The standard InChI is InChI=1S/C57H43N3O4/c61-56(62)53-29-19-38(35-58-53)15-17-40-31-41(18-16-39-20-30-54(57(63)64)59-36-39)33-48(32-40)49-13-7-8-14-50(49)52-37-60-55(47-11-5-2-6-12-47)34-51(52)46-27-25-45(26-28-46)44-23-21-43(22-24-44)42-9-3-1-4-10-42/h1-14,19-37H,15-18H2,(H,61,62)(H,63,64). The number of aromatic carboxylic acids is 2. The lowest BCUT2D eigenvalue weighted by Gasteiger charge is -2.18. The first kappa shape index (κ1) is 41.1. The van der Waals surface area contributed by atoms with Gasteiger partial charge in [-0.25, -0.2) is 19.6 Å². The first-order chi connectivity index (χ1) is 31.3. The Labute approximate surface area is 372 Å². The fraction of sp³-hybridized carbons (Fsp3) is 0.0702. The molecule has 0 fully saturated rings. The van der Waals surface area contributed by atoms with Gasteiger partial charge >= 0.3 is 11.9 Å². The second-order valence-corrected chi connectivity index (χ2v) is 15.8. The van der Waals surface area contributed by atoms with Gasteiger partial charge in [0.05, 0.1) is 5.69 Å². The molecule has 0 aliphatic heterocycles. The van der Waals surface area contributed by atoms with Gasteiger partial charge < -0.3 is 10.2 Å². The molecule has 0 radical (unpaired) electrons. The topological polar surface area (TPSA) is 113 Å². The molecule has 0 saturated carbocycles. The second-order valence-electron chi connectivity index (χ2n) is 15.8. The summed E-state index contributed by atoms with van der Waals surface area (Å²) in [5, 5.41) is 18.7. The molecule has 310 valence electrons. The van der Waals surface area contributed by atoms with E-state index in [1.165, 1.54) is 11.1 Å². The fourth-order valence-electron chi connectivity index (χ4n) is 8.16. The Morgan fingerprint density at radius 1 is 0.328 bits per heavy atom. The van der Waals surface area contributed by atoms with E-state index in [1.807, 2.05) is 42.6 Å². The van der Waals surface area contributed by atoms with Gasteiger partial charge in [-0.15, -0.1) is 0 Å². The van der Waals surface area contributed by atoms with Gasteiger partial charge in [-0.3, -0.25) is 4.98 Å². The van der Waals surface area contributed by atoms with Crippen LogP contribution in [0.1, 0.15) is 43.2 Å². The van der Waals surface area contributed by atoms with E-state index in [0.29, 0.717) is 25.7 Å². The van der Waals surface area contributed by atoms with Gasteiger partial charge in [-0.05, 0) is 116 Å². The van der Waals surface area contributed by atoms with E-state index in [-0.39, 0.29) is 11.4 Å². The van der Waals surface area contributed by atoms with Crippen LogP contribution in [0.15, 0.2) is 201 Å². The van der Waals surface area contributed by atoms with Crippen molar-refractivity contribution in [1.29, 1.82) is 0 Å². The second kappa shape index (κ2) is 18.8. The van der Waals surface area contributed by atoms with Crippen LogP contribution < -0.4 is 0 Å². The van der Waals surface area contributed by atoms with Gasteiger partial charge in [0.25, 0.3) is 0 Å². The SMILES string of the molecule is O=C(O)c1ccc(CCc2cc(CCc3ccc(C(=O)O)nc3)cc(-c3ccccc3-c3cnc(-c4ccccc4)cc3-c3ccc(-c4ccc(-c5ccccc5)cc4)cc3)c2)cn1. The van der Waals surface area contributed by atoms with Crippen molar-refractivity contribution in [1.82, 2.24) is 15.0 Å². The monoisotopic (exact) mass is 833 g/mol. The Kier molecular flexibility index (Phi) is 12.0. The number of nitrogens with zero attached hydrogens (tertiary/aromatic N) is 3. The highest BCUT2D eigenvalue weighted by Crippen LogP contribution is 2.40. The molecule has 0 amide bonds. The number of carboxylic acids is 2. The summed E-state index contributed by atoms with van der Waals surface area (Å²) < 4.78 is 0. The zero-order valence-electron chi connectivity index (χ0n) is 34.9. The van der Waals surface area contributed by atoms with Gasteiger partial charge in [-0.2, -0.15) is 0 Å². The van der Waals surface area contributed by atoms with Gasteiger partial charge in [0.2, 0.25) is 0 Å². The molecule has 0 unspecified atom stereocenters. The van der Waals surface area contributed by atoms with Crippen molar-refractivity contribution in [2.75, 3.05) is 0 Å². The van der Waals surface area contributed by atoms with Gasteiger partial charge in [0.15, 0.2) is 0 Å². The summed E-state index contributed by atoms with van der Waals surface area (Å²) in [4.78, 5) is 36.2. The van der Waals surface area contributed by atoms with Crippen LogP contribution in [0, 0.1) is 0 Å². The largest absolute Gasteiger partial charge is 0.477 e. The molecule has 0 bridgehead atoms. The minimum atomic E-state index is -1.05. The Hall–Kier alpha value is -8.29. The first-order valence-corrected chi connectivity index (χ1v) is 21.3. The summed E-state index contributed by atoms with van der Waals surface area (Å²) in [5.41, 5.74) is 17.1. The van der Waals surface area contributed by atoms with Crippen molar-refractivity contribution in [3.8, 4) is 66.9 Å². The molecular formula is C57H43N3O4. The van der Waals surface area contributed by atoms with E-state index in [1.54, 1.807) is 24.5 Å². The quantitative estimate of drug-likeness (QED) is 0.112. The van der Waals surface area contributed by atoms with E-state index >= 15 is 0 Å². The van der Waals surface area contributed by atoms with E-state index in [9.17, 15) is 19.8 Å². The van der Waals surface area contributed by atoms with Crippen LogP contribution in [0.3, 0.4) is 0 Å². The van der Waals surface area contributed by atoms with Crippen molar-refractivity contribution >= 4 is 11.9 Å². The lowest BCUT2D eigenvalue weighted by molar-refractivity contribution is 0.0680. The number of carbonyl (C=O) groups is 2. The summed E-state index contributed by atoms with van der Waals surface area (Å²) in [7, 11) is 0. The minimum absolute atomic E-state index is 0.0194. The maximum Gasteiger partial charge on any atom is 0.354 e. The lowest BCUT2D eigenvalue weighted by Crippen LogP contribution is -2.02. The van der Waals surface area contributed by atoms with Gasteiger partial charge in [-0.1, -0.05) is 164 Å². The van der Waals surface area contributed by atoms with Crippen LogP contribution >= 0.6 is 0 Å². The van der Waals surface area contributed by atoms with Crippen LogP contribution in [0.5, 0.6) is 0 Å². The molecule has 3 heterocycles. The maximum absolute atomic E-state index is 11.4. The highest BCUT2D eigenvalue weighted by atomic mass is 16.4. The Morgan fingerprint density at radius 3 is 1.25 bits per heavy atom. The Balaban J connectivity index is 1.09. The van der Waals surface area contributed by atoms with Crippen molar-refractivity contribution < 1.29 is 19.8 Å². The van der Waals surface area contributed by atoms with E-state index in [4.69, 9.17) is 4.98 Å². The summed E-state index contributed by atoms with van der Waals surface area (Å²) in [6, 6.07) is 62.3. The van der Waals surface area contributed by atoms with Crippen LogP contribution in [0.25, 0.3) is 66.9 Å². The molecule has 6 aromatic carbocycles. The molecule has 0 saturated heterocycles. The first-order valence-electron chi connectivity index (χ1n) is 21.3. The molecule has 7 nitrogen and oxygen atoms in total. The lowest BCUT2D eigenvalue weighted by atomic mass is 9.87. The molecule has 2 N–H and O–H groups in total. The number of aromatic nitrogens is 3. The van der Waals surface area contributed by atoms with Crippen molar-refractivity contribution in [2.45, 2.75) is 25.7 Å². The number of carboxylic acid groups (broad SMARTS) is 2. The molecule has 7 heteroatoms. The predicted molar refractivity (Wildman–Crippen MR) is 254 cm³/mol. The van der Waals surface area contributed by atoms with Gasteiger partial charge in [0.1, 0.15) is 11.4 Å². The summed E-state index contributed by atoms with van der Waals surface area (Å²) >= 11 is 0. The maximum atomic E-state index is 11.4. The molecular weight excluding hydrogens is 791 g/mol. The molecule has 9 aromatic rings. The van der Waals surface area contributed by atoms with Crippen molar-refractivity contribution in [3.05, 3.63) is 234 Å². The number of rotatable bonds is 14. The Morgan fingerprint density at radius 2 is 0.766 bits per heavy atom. The third-order valence-electron chi connectivity index (χ3n) is 11.6. The third-order valence-corrected chi connectivity index (χ3v) is 11.6. The summed E-state index contributed by atoms with van der Waals surface area (Å²) in [6.07, 6.45) is 8.06. The van der Waals surface area contributed by atoms with Crippen LogP contribution in [0.4, 0.5) is 0 Å².